The largest absolute Gasteiger partial charge is 0.378 e. The molecule has 0 bridgehead atoms. The summed E-state index contributed by atoms with van der Waals surface area (Å²) in [5.41, 5.74) is 0.764. The lowest BCUT2D eigenvalue weighted by atomic mass is 9.84. The van der Waals surface area contributed by atoms with Crippen LogP contribution in [0.1, 0.15) is 38.7 Å². The van der Waals surface area contributed by atoms with Crippen molar-refractivity contribution in [1.29, 1.82) is 0 Å². The van der Waals surface area contributed by atoms with E-state index in [1.165, 1.54) is 0 Å². The van der Waals surface area contributed by atoms with E-state index in [0.29, 0.717) is 18.1 Å². The standard InChI is InChI=1S/C17H25ClN2O2/c1-3-17(4-2,13-5-7-14(18)8-6-13)20-16(21)11-15-12-22-10-9-19-15/h5-8,15,19H,3-4,9-12H2,1-2H3,(H,20,21). The van der Waals surface area contributed by atoms with Gasteiger partial charge in [-0.15, -0.1) is 0 Å². The van der Waals surface area contributed by atoms with Crippen molar-refractivity contribution in [3.05, 3.63) is 34.9 Å². The quantitative estimate of drug-likeness (QED) is 0.846. The first kappa shape index (κ1) is 17.3. The molecule has 1 aliphatic rings. The molecule has 4 nitrogen and oxygen atoms in total. The zero-order chi connectivity index (χ0) is 16.0. The molecule has 2 rings (SSSR count). The minimum absolute atomic E-state index is 0.0571. The van der Waals surface area contributed by atoms with Gasteiger partial charge in [-0.25, -0.2) is 0 Å². The number of morpholine rings is 1. The Morgan fingerprint density at radius 2 is 2.05 bits per heavy atom. The molecule has 1 aromatic carbocycles. The molecule has 1 aliphatic heterocycles. The molecule has 22 heavy (non-hydrogen) atoms. The molecule has 0 radical (unpaired) electrons. The van der Waals surface area contributed by atoms with Crippen LogP contribution in [0.2, 0.25) is 5.02 Å². The van der Waals surface area contributed by atoms with Crippen LogP contribution in [0.25, 0.3) is 0 Å². The van der Waals surface area contributed by atoms with E-state index in [4.69, 9.17) is 16.3 Å². The maximum Gasteiger partial charge on any atom is 0.222 e. The summed E-state index contributed by atoms with van der Waals surface area (Å²) >= 11 is 5.97. The van der Waals surface area contributed by atoms with Gasteiger partial charge >= 0.3 is 0 Å². The van der Waals surface area contributed by atoms with Gasteiger partial charge in [-0.1, -0.05) is 37.6 Å². The normalized spacial score (nSPS) is 19.0. The van der Waals surface area contributed by atoms with E-state index in [9.17, 15) is 4.79 Å². The summed E-state index contributed by atoms with van der Waals surface area (Å²) in [6.07, 6.45) is 2.12. The summed E-state index contributed by atoms with van der Waals surface area (Å²) in [7, 11) is 0. The number of nitrogens with one attached hydrogen (secondary N) is 2. The van der Waals surface area contributed by atoms with Crippen molar-refractivity contribution in [2.24, 2.45) is 0 Å². The van der Waals surface area contributed by atoms with Crippen molar-refractivity contribution >= 4 is 17.5 Å². The van der Waals surface area contributed by atoms with Gasteiger partial charge in [0.05, 0.1) is 18.8 Å². The van der Waals surface area contributed by atoms with Crippen molar-refractivity contribution in [3.63, 3.8) is 0 Å². The third-order valence-electron chi connectivity index (χ3n) is 4.41. The first-order valence-electron chi connectivity index (χ1n) is 7.98. The Bertz CT molecular complexity index is 480. The second-order valence-corrected chi connectivity index (χ2v) is 6.21. The van der Waals surface area contributed by atoms with Crippen molar-refractivity contribution < 1.29 is 9.53 Å². The summed E-state index contributed by atoms with van der Waals surface area (Å²) in [6, 6.07) is 7.85. The second kappa shape index (κ2) is 7.95. The molecule has 1 atom stereocenters. The Labute approximate surface area is 137 Å². The summed E-state index contributed by atoms with van der Waals surface area (Å²) in [4.78, 5) is 12.5. The lowest BCUT2D eigenvalue weighted by molar-refractivity contribution is -0.124. The van der Waals surface area contributed by atoms with Gasteiger partial charge in [0, 0.05) is 24.0 Å². The molecule has 1 heterocycles. The molecule has 5 heteroatoms. The lowest BCUT2D eigenvalue weighted by Crippen LogP contribution is -2.49. The van der Waals surface area contributed by atoms with Gasteiger partial charge in [0.1, 0.15) is 0 Å². The van der Waals surface area contributed by atoms with Crippen molar-refractivity contribution in [3.8, 4) is 0 Å². The van der Waals surface area contributed by atoms with Crippen molar-refractivity contribution in [2.75, 3.05) is 19.8 Å². The molecule has 1 amide bonds. The van der Waals surface area contributed by atoms with E-state index in [-0.39, 0.29) is 17.5 Å². The van der Waals surface area contributed by atoms with Crippen LogP contribution >= 0.6 is 11.6 Å². The fourth-order valence-corrected chi connectivity index (χ4v) is 3.09. The zero-order valence-corrected chi connectivity index (χ0v) is 14.1. The lowest BCUT2D eigenvalue weighted by Gasteiger charge is -2.34. The Balaban J connectivity index is 2.06. The molecule has 1 fully saturated rings. The topological polar surface area (TPSA) is 50.4 Å². The second-order valence-electron chi connectivity index (χ2n) is 5.77. The van der Waals surface area contributed by atoms with E-state index < -0.39 is 0 Å². The first-order valence-corrected chi connectivity index (χ1v) is 8.35. The van der Waals surface area contributed by atoms with Gasteiger partial charge in [0.2, 0.25) is 5.91 Å². The summed E-state index contributed by atoms with van der Waals surface area (Å²) in [5.74, 6) is 0.0571. The number of halogens is 1. The molecule has 122 valence electrons. The molecule has 2 N–H and O–H groups in total. The average Bonchev–Trinajstić information content (AvgIpc) is 2.54. The number of carbonyl (C=O) groups excluding carboxylic acids is 1. The third-order valence-corrected chi connectivity index (χ3v) is 4.66. The van der Waals surface area contributed by atoms with E-state index >= 15 is 0 Å². The molecule has 1 aromatic rings. The van der Waals surface area contributed by atoms with Gasteiger partial charge in [0.15, 0.2) is 0 Å². The highest BCUT2D eigenvalue weighted by Gasteiger charge is 2.31. The maximum atomic E-state index is 12.5. The van der Waals surface area contributed by atoms with Crippen molar-refractivity contribution in [1.82, 2.24) is 10.6 Å². The van der Waals surface area contributed by atoms with Gasteiger partial charge < -0.3 is 15.4 Å². The minimum atomic E-state index is -0.336. The predicted octanol–water partition coefficient (Wildman–Crippen LogP) is 2.85. The van der Waals surface area contributed by atoms with Crippen LogP contribution in [0.3, 0.4) is 0 Å². The van der Waals surface area contributed by atoms with E-state index in [2.05, 4.69) is 24.5 Å². The third kappa shape index (κ3) is 4.22. The molecule has 0 saturated carbocycles. The SMILES string of the molecule is CCC(CC)(NC(=O)CC1COCCN1)c1ccc(Cl)cc1. The fraction of sp³-hybridized carbons (Fsp3) is 0.588. The minimum Gasteiger partial charge on any atom is -0.378 e. The molecular formula is C17H25ClN2O2. The number of ether oxygens (including phenoxy) is 1. The summed E-state index contributed by atoms with van der Waals surface area (Å²) in [6.45, 7) is 6.32. The molecule has 0 aromatic heterocycles. The molecular weight excluding hydrogens is 300 g/mol. The average molecular weight is 325 g/mol. The highest BCUT2D eigenvalue weighted by atomic mass is 35.5. The molecule has 0 aliphatic carbocycles. The van der Waals surface area contributed by atoms with Crippen LogP contribution in [-0.4, -0.2) is 31.7 Å². The number of amides is 1. The highest BCUT2D eigenvalue weighted by molar-refractivity contribution is 6.30. The van der Waals surface area contributed by atoms with Crippen LogP contribution < -0.4 is 10.6 Å². The Kier molecular flexibility index (Phi) is 6.24. The Hall–Kier alpha value is -1.10. The fourth-order valence-electron chi connectivity index (χ4n) is 2.97. The zero-order valence-electron chi connectivity index (χ0n) is 13.3. The number of hydrogen-bond acceptors (Lipinski definition) is 3. The Morgan fingerprint density at radius 3 is 2.59 bits per heavy atom. The van der Waals surface area contributed by atoms with Crippen molar-refractivity contribution in [2.45, 2.75) is 44.7 Å². The van der Waals surface area contributed by atoms with Gasteiger partial charge in [-0.2, -0.15) is 0 Å². The maximum absolute atomic E-state index is 12.5. The van der Waals surface area contributed by atoms with E-state index in [1.807, 2.05) is 24.3 Å². The highest BCUT2D eigenvalue weighted by Crippen LogP contribution is 2.30. The molecule has 1 saturated heterocycles. The van der Waals surface area contributed by atoms with Gasteiger partial charge in [0.25, 0.3) is 0 Å². The van der Waals surface area contributed by atoms with E-state index in [0.717, 1.165) is 31.6 Å². The molecule has 0 spiro atoms. The Morgan fingerprint density at radius 1 is 1.36 bits per heavy atom. The van der Waals surface area contributed by atoms with Gasteiger partial charge in [-0.3, -0.25) is 4.79 Å². The number of hydrogen-bond donors (Lipinski definition) is 2. The predicted molar refractivity (Wildman–Crippen MR) is 89.1 cm³/mol. The summed E-state index contributed by atoms with van der Waals surface area (Å²) in [5, 5.41) is 7.26. The molecule has 1 unspecified atom stereocenters. The number of carbonyl (C=O) groups is 1. The first-order chi connectivity index (χ1) is 10.6. The van der Waals surface area contributed by atoms with Crippen LogP contribution in [-0.2, 0) is 15.1 Å². The smallest absolute Gasteiger partial charge is 0.222 e. The van der Waals surface area contributed by atoms with Gasteiger partial charge in [-0.05, 0) is 30.5 Å². The summed E-state index contributed by atoms with van der Waals surface area (Å²) < 4.78 is 5.41. The number of rotatable bonds is 6. The van der Waals surface area contributed by atoms with E-state index in [1.54, 1.807) is 0 Å². The van der Waals surface area contributed by atoms with Crippen LogP contribution in [0.5, 0.6) is 0 Å². The van der Waals surface area contributed by atoms with Crippen LogP contribution in [0.4, 0.5) is 0 Å². The monoisotopic (exact) mass is 324 g/mol. The number of benzene rings is 1. The van der Waals surface area contributed by atoms with Crippen LogP contribution in [0.15, 0.2) is 24.3 Å². The van der Waals surface area contributed by atoms with Crippen LogP contribution in [0, 0.1) is 0 Å².